The van der Waals surface area contributed by atoms with Gasteiger partial charge in [0.2, 0.25) is 0 Å². The molecule has 0 saturated carbocycles. The highest BCUT2D eigenvalue weighted by atomic mass is 16.5. The number of fused-ring (bicyclic) bond motifs is 9. The third kappa shape index (κ3) is 5.04. The molecule has 9 aromatic rings. The number of para-hydroxylation sites is 2. The molecule has 262 valence electrons. The smallest absolute Gasteiger partial charge is 0.164 e. The molecule has 1 aromatic heterocycles. The Bertz CT molecular complexity index is 2820. The lowest BCUT2D eigenvalue weighted by atomic mass is 9.66. The van der Waals surface area contributed by atoms with Gasteiger partial charge in [0.1, 0.15) is 11.5 Å². The van der Waals surface area contributed by atoms with E-state index in [-0.39, 0.29) is 0 Å². The lowest BCUT2D eigenvalue weighted by Crippen LogP contribution is -2.32. The Balaban J connectivity index is 0.953. The molecule has 4 nitrogen and oxygen atoms in total. The second-order valence-electron chi connectivity index (χ2n) is 14.3. The SMILES string of the molecule is c1ccc(-c2nc(-c3ccccc3)nc(-c3ccc(-c4ccc(-c5ccc6c(c5)C5(c7ccccc7Oc7ccccc75)c5ccccc5-6)cc4)cc3)n2)cc1. The van der Waals surface area contributed by atoms with Crippen LogP contribution in [0.1, 0.15) is 22.3 Å². The zero-order valence-electron chi connectivity index (χ0n) is 30.3. The summed E-state index contributed by atoms with van der Waals surface area (Å²) in [5.41, 5.74) is 14.4. The van der Waals surface area contributed by atoms with E-state index in [2.05, 4.69) is 140 Å². The minimum absolute atomic E-state index is 0.489. The molecule has 4 heteroatoms. The van der Waals surface area contributed by atoms with Gasteiger partial charge in [-0.25, -0.2) is 15.0 Å². The summed E-state index contributed by atoms with van der Waals surface area (Å²) in [6, 6.07) is 70.4. The monoisotopic (exact) mass is 715 g/mol. The van der Waals surface area contributed by atoms with Crippen molar-refractivity contribution >= 4 is 0 Å². The molecule has 0 fully saturated rings. The molecule has 0 saturated heterocycles. The average molecular weight is 716 g/mol. The van der Waals surface area contributed by atoms with Crippen molar-refractivity contribution in [2.24, 2.45) is 0 Å². The maximum absolute atomic E-state index is 6.53. The maximum Gasteiger partial charge on any atom is 0.164 e. The summed E-state index contributed by atoms with van der Waals surface area (Å²) >= 11 is 0. The first-order chi connectivity index (χ1) is 27.7. The van der Waals surface area contributed by atoms with E-state index >= 15 is 0 Å². The Hall–Kier alpha value is -7.43. The lowest BCUT2D eigenvalue weighted by Gasteiger charge is -2.39. The van der Waals surface area contributed by atoms with Crippen molar-refractivity contribution in [1.29, 1.82) is 0 Å². The topological polar surface area (TPSA) is 47.9 Å². The minimum atomic E-state index is -0.489. The van der Waals surface area contributed by atoms with Gasteiger partial charge in [-0.15, -0.1) is 0 Å². The fourth-order valence-corrected chi connectivity index (χ4v) is 8.64. The van der Waals surface area contributed by atoms with Crippen LogP contribution in [-0.2, 0) is 5.41 Å². The van der Waals surface area contributed by atoms with Crippen LogP contribution in [0.5, 0.6) is 11.5 Å². The average Bonchev–Trinajstić information content (AvgIpc) is 3.57. The third-order valence-corrected chi connectivity index (χ3v) is 11.2. The van der Waals surface area contributed by atoms with Crippen LogP contribution in [0.15, 0.2) is 200 Å². The quantitative estimate of drug-likeness (QED) is 0.178. The first kappa shape index (κ1) is 32.0. The van der Waals surface area contributed by atoms with Gasteiger partial charge < -0.3 is 4.74 Å². The summed E-state index contributed by atoms with van der Waals surface area (Å²) in [6.07, 6.45) is 0. The van der Waals surface area contributed by atoms with Crippen molar-refractivity contribution in [3.05, 3.63) is 222 Å². The third-order valence-electron chi connectivity index (χ3n) is 11.2. The van der Waals surface area contributed by atoms with Gasteiger partial charge in [-0.2, -0.15) is 0 Å². The fraction of sp³-hybridized carbons (Fsp3) is 0.0192. The van der Waals surface area contributed by atoms with E-state index in [4.69, 9.17) is 19.7 Å². The predicted octanol–water partition coefficient (Wildman–Crippen LogP) is 12.7. The summed E-state index contributed by atoms with van der Waals surface area (Å²) in [5, 5.41) is 0. The van der Waals surface area contributed by atoms with Gasteiger partial charge in [0.15, 0.2) is 17.5 Å². The van der Waals surface area contributed by atoms with Crippen molar-refractivity contribution < 1.29 is 4.74 Å². The van der Waals surface area contributed by atoms with Gasteiger partial charge in [-0.1, -0.05) is 182 Å². The maximum atomic E-state index is 6.53. The van der Waals surface area contributed by atoms with Gasteiger partial charge in [0.05, 0.1) is 5.41 Å². The molecule has 0 unspecified atom stereocenters. The molecular formula is C52H33N3O. The molecule has 0 bridgehead atoms. The Kier molecular flexibility index (Phi) is 7.36. The normalized spacial score (nSPS) is 12.9. The number of hydrogen-bond donors (Lipinski definition) is 0. The van der Waals surface area contributed by atoms with Crippen molar-refractivity contribution in [1.82, 2.24) is 15.0 Å². The molecule has 1 aliphatic heterocycles. The van der Waals surface area contributed by atoms with Gasteiger partial charge in [-0.05, 0) is 62.7 Å². The van der Waals surface area contributed by atoms with E-state index in [1.54, 1.807) is 0 Å². The molecule has 0 atom stereocenters. The zero-order valence-corrected chi connectivity index (χ0v) is 30.3. The summed E-state index contributed by atoms with van der Waals surface area (Å²) in [5.74, 6) is 3.75. The van der Waals surface area contributed by atoms with Crippen LogP contribution >= 0.6 is 0 Å². The largest absolute Gasteiger partial charge is 0.457 e. The number of nitrogens with zero attached hydrogens (tertiary/aromatic N) is 3. The van der Waals surface area contributed by atoms with Crippen molar-refractivity contribution in [3.63, 3.8) is 0 Å². The van der Waals surface area contributed by atoms with Crippen LogP contribution in [0.4, 0.5) is 0 Å². The molecule has 11 rings (SSSR count). The number of aromatic nitrogens is 3. The summed E-state index contributed by atoms with van der Waals surface area (Å²) in [6.45, 7) is 0. The Labute approximate surface area is 325 Å². The fourth-order valence-electron chi connectivity index (χ4n) is 8.64. The number of hydrogen-bond acceptors (Lipinski definition) is 4. The molecular weight excluding hydrogens is 683 g/mol. The van der Waals surface area contributed by atoms with E-state index in [1.807, 2.05) is 60.7 Å². The van der Waals surface area contributed by atoms with E-state index < -0.39 is 5.41 Å². The van der Waals surface area contributed by atoms with Crippen LogP contribution < -0.4 is 4.74 Å². The van der Waals surface area contributed by atoms with Gasteiger partial charge in [-0.3, -0.25) is 0 Å². The van der Waals surface area contributed by atoms with Crippen LogP contribution in [0.2, 0.25) is 0 Å². The van der Waals surface area contributed by atoms with Gasteiger partial charge in [0.25, 0.3) is 0 Å². The minimum Gasteiger partial charge on any atom is -0.457 e. The van der Waals surface area contributed by atoms with Gasteiger partial charge in [0, 0.05) is 27.8 Å². The molecule has 0 amide bonds. The second-order valence-corrected chi connectivity index (χ2v) is 14.3. The molecule has 1 spiro atoms. The molecule has 8 aromatic carbocycles. The summed E-state index contributed by atoms with van der Waals surface area (Å²) in [7, 11) is 0. The molecule has 2 aliphatic rings. The van der Waals surface area contributed by atoms with E-state index in [1.165, 1.54) is 44.5 Å². The summed E-state index contributed by atoms with van der Waals surface area (Å²) in [4.78, 5) is 14.7. The van der Waals surface area contributed by atoms with Crippen molar-refractivity contribution in [3.8, 4) is 79.0 Å². The Morgan fingerprint density at radius 2 is 0.661 bits per heavy atom. The van der Waals surface area contributed by atoms with Crippen LogP contribution in [-0.4, -0.2) is 15.0 Å². The van der Waals surface area contributed by atoms with Crippen molar-refractivity contribution in [2.75, 3.05) is 0 Å². The van der Waals surface area contributed by atoms with Crippen LogP contribution in [0.25, 0.3) is 67.5 Å². The Morgan fingerprint density at radius 3 is 1.20 bits per heavy atom. The second kappa shape index (κ2) is 12.9. The highest BCUT2D eigenvalue weighted by Crippen LogP contribution is 2.62. The molecule has 0 N–H and O–H groups in total. The van der Waals surface area contributed by atoms with E-state index in [9.17, 15) is 0 Å². The predicted molar refractivity (Wildman–Crippen MR) is 224 cm³/mol. The standard InChI is InChI=1S/C52H33N3O/c1-3-13-37(14-4-1)49-53-50(38-15-5-2-6-16-38)55-51(54-49)39-29-27-35(28-30-39)34-23-25-36(26-24-34)40-31-32-42-41-17-7-8-18-43(41)52(46(42)33-40)44-19-9-11-21-47(44)56-48-22-12-10-20-45(48)52/h1-33H. The molecule has 56 heavy (non-hydrogen) atoms. The Morgan fingerprint density at radius 1 is 0.286 bits per heavy atom. The van der Waals surface area contributed by atoms with E-state index in [0.717, 1.165) is 39.3 Å². The molecule has 2 heterocycles. The first-order valence-corrected chi connectivity index (χ1v) is 18.9. The van der Waals surface area contributed by atoms with Crippen molar-refractivity contribution in [2.45, 2.75) is 5.41 Å². The number of rotatable bonds is 5. The first-order valence-electron chi connectivity index (χ1n) is 18.9. The van der Waals surface area contributed by atoms with E-state index in [0.29, 0.717) is 17.5 Å². The molecule has 1 aliphatic carbocycles. The number of benzene rings is 8. The zero-order chi connectivity index (χ0) is 37.1. The van der Waals surface area contributed by atoms with Crippen LogP contribution in [0, 0.1) is 0 Å². The van der Waals surface area contributed by atoms with Gasteiger partial charge >= 0.3 is 0 Å². The highest BCUT2D eigenvalue weighted by molar-refractivity contribution is 5.90. The molecule has 0 radical (unpaired) electrons. The lowest BCUT2D eigenvalue weighted by molar-refractivity contribution is 0.436. The highest BCUT2D eigenvalue weighted by Gasteiger charge is 2.51. The van der Waals surface area contributed by atoms with Crippen LogP contribution in [0.3, 0.4) is 0 Å². The number of ether oxygens (including phenoxy) is 1. The summed E-state index contributed by atoms with van der Waals surface area (Å²) < 4.78 is 6.53.